The van der Waals surface area contributed by atoms with Crippen molar-refractivity contribution in [3.8, 4) is 0 Å². The van der Waals surface area contributed by atoms with Crippen LogP contribution in [0.1, 0.15) is 57.4 Å². The molecule has 8 heteroatoms. The van der Waals surface area contributed by atoms with Gasteiger partial charge in [-0.05, 0) is 30.4 Å². The number of hydrogen-bond acceptors (Lipinski definition) is 5. The van der Waals surface area contributed by atoms with E-state index >= 15 is 0 Å². The van der Waals surface area contributed by atoms with Crippen molar-refractivity contribution in [1.82, 2.24) is 10.2 Å². The average molecular weight is 401 g/mol. The van der Waals surface area contributed by atoms with E-state index < -0.39 is 30.1 Å². The van der Waals surface area contributed by atoms with Gasteiger partial charge in [-0.2, -0.15) is 0 Å². The topological polar surface area (TPSA) is 105 Å². The van der Waals surface area contributed by atoms with E-state index in [0.717, 1.165) is 23.3 Å². The lowest BCUT2D eigenvalue weighted by atomic mass is 9.98. The molecule has 29 heavy (non-hydrogen) atoms. The van der Waals surface area contributed by atoms with Crippen molar-refractivity contribution in [2.75, 3.05) is 18.5 Å². The molecule has 1 spiro atoms. The third-order valence-electron chi connectivity index (χ3n) is 5.46. The maximum atomic E-state index is 12.5. The molecular weight excluding hydrogens is 374 g/mol. The maximum Gasteiger partial charge on any atom is 0.325 e. The Kier molecular flexibility index (Phi) is 6.20. The number of nitrogens with zero attached hydrogens (tertiary/aromatic N) is 1. The van der Waals surface area contributed by atoms with Crippen LogP contribution >= 0.6 is 0 Å². The zero-order valence-corrected chi connectivity index (χ0v) is 16.8. The highest BCUT2D eigenvalue weighted by Gasteiger charge is 2.52. The Morgan fingerprint density at radius 3 is 2.59 bits per heavy atom. The van der Waals surface area contributed by atoms with Gasteiger partial charge in [-0.25, -0.2) is 4.79 Å². The van der Waals surface area contributed by atoms with Crippen LogP contribution < -0.4 is 10.6 Å². The van der Waals surface area contributed by atoms with E-state index in [1.165, 1.54) is 0 Å². The average Bonchev–Trinajstić information content (AvgIpc) is 3.24. The van der Waals surface area contributed by atoms with Crippen molar-refractivity contribution >= 4 is 29.5 Å². The summed E-state index contributed by atoms with van der Waals surface area (Å²) in [5.41, 5.74) is 0.890. The van der Waals surface area contributed by atoms with Crippen LogP contribution in [0, 0.1) is 0 Å². The van der Waals surface area contributed by atoms with Gasteiger partial charge in [0.15, 0.2) is 6.61 Å². The minimum absolute atomic E-state index is 0.0525. The SMILES string of the molecule is CC(C)c1ccccc1NC(=O)COC(=O)CCN1C(=O)NC2(CCCC2)C1=O. The van der Waals surface area contributed by atoms with Crippen molar-refractivity contribution in [2.45, 2.75) is 57.4 Å². The van der Waals surface area contributed by atoms with E-state index in [0.29, 0.717) is 18.5 Å². The molecule has 0 unspecified atom stereocenters. The predicted octanol–water partition coefficient (Wildman–Crippen LogP) is 2.55. The highest BCUT2D eigenvalue weighted by atomic mass is 16.5. The van der Waals surface area contributed by atoms with E-state index in [1.807, 2.05) is 32.0 Å². The third kappa shape index (κ3) is 4.58. The first-order chi connectivity index (χ1) is 13.8. The maximum absolute atomic E-state index is 12.5. The lowest BCUT2D eigenvalue weighted by molar-refractivity contribution is -0.147. The number of carbonyl (C=O) groups is 4. The Morgan fingerprint density at radius 1 is 1.21 bits per heavy atom. The number of benzene rings is 1. The molecule has 8 nitrogen and oxygen atoms in total. The van der Waals surface area contributed by atoms with Crippen molar-refractivity contribution in [3.05, 3.63) is 29.8 Å². The molecular formula is C21H27N3O5. The molecule has 0 bridgehead atoms. The number of rotatable bonds is 7. The fourth-order valence-electron chi connectivity index (χ4n) is 3.92. The number of ether oxygens (including phenoxy) is 1. The molecule has 1 aromatic carbocycles. The molecule has 3 rings (SSSR count). The second kappa shape index (κ2) is 8.63. The predicted molar refractivity (Wildman–Crippen MR) is 106 cm³/mol. The highest BCUT2D eigenvalue weighted by molar-refractivity contribution is 6.07. The standard InChI is InChI=1S/C21H27N3O5/c1-14(2)15-7-3-4-8-16(15)22-17(25)13-29-18(26)9-12-24-19(27)21(23-20(24)28)10-5-6-11-21/h3-4,7-8,14H,5-6,9-13H2,1-2H3,(H,22,25)(H,23,28). The number of para-hydroxylation sites is 1. The molecule has 1 saturated heterocycles. The van der Waals surface area contributed by atoms with E-state index in [-0.39, 0.29) is 24.8 Å². The molecule has 0 atom stereocenters. The molecule has 1 saturated carbocycles. The Balaban J connectivity index is 1.45. The number of urea groups is 1. The molecule has 1 heterocycles. The summed E-state index contributed by atoms with van der Waals surface area (Å²) in [4.78, 5) is 49.8. The van der Waals surface area contributed by atoms with Gasteiger partial charge in [0.1, 0.15) is 5.54 Å². The van der Waals surface area contributed by atoms with Crippen LogP contribution in [0.4, 0.5) is 10.5 Å². The molecule has 2 fully saturated rings. The number of imide groups is 1. The van der Waals surface area contributed by atoms with Gasteiger partial charge in [0.05, 0.1) is 6.42 Å². The monoisotopic (exact) mass is 401 g/mol. The van der Waals surface area contributed by atoms with Crippen molar-refractivity contribution in [2.24, 2.45) is 0 Å². The Labute approximate surface area is 170 Å². The smallest absolute Gasteiger partial charge is 0.325 e. The lowest BCUT2D eigenvalue weighted by Gasteiger charge is -2.19. The van der Waals surface area contributed by atoms with E-state index in [2.05, 4.69) is 10.6 Å². The normalized spacial score (nSPS) is 17.7. The molecule has 1 aliphatic carbocycles. The summed E-state index contributed by atoms with van der Waals surface area (Å²) in [6, 6.07) is 6.99. The van der Waals surface area contributed by atoms with Crippen molar-refractivity contribution in [3.63, 3.8) is 0 Å². The summed E-state index contributed by atoms with van der Waals surface area (Å²) in [5.74, 6) is -1.10. The number of amides is 4. The first-order valence-electron chi connectivity index (χ1n) is 10.0. The number of hydrogen-bond donors (Lipinski definition) is 2. The molecule has 2 N–H and O–H groups in total. The number of nitrogens with one attached hydrogen (secondary N) is 2. The van der Waals surface area contributed by atoms with Crippen LogP contribution in [0.5, 0.6) is 0 Å². The number of carbonyl (C=O) groups excluding carboxylic acids is 4. The summed E-state index contributed by atoms with van der Waals surface area (Å²) < 4.78 is 5.00. The third-order valence-corrected chi connectivity index (χ3v) is 5.46. The fourth-order valence-corrected chi connectivity index (χ4v) is 3.92. The quantitative estimate of drug-likeness (QED) is 0.540. The molecule has 0 aromatic heterocycles. The van der Waals surface area contributed by atoms with Gasteiger partial charge in [0.25, 0.3) is 11.8 Å². The number of anilines is 1. The molecule has 4 amide bonds. The number of esters is 1. The zero-order chi connectivity index (χ0) is 21.0. The van der Waals surface area contributed by atoms with Crippen molar-refractivity contribution in [1.29, 1.82) is 0 Å². The molecule has 1 aliphatic heterocycles. The second-order valence-corrected chi connectivity index (χ2v) is 7.88. The summed E-state index contributed by atoms with van der Waals surface area (Å²) in [6.45, 7) is 3.57. The van der Waals surface area contributed by atoms with Crippen LogP contribution in [0.3, 0.4) is 0 Å². The highest BCUT2D eigenvalue weighted by Crippen LogP contribution is 2.35. The zero-order valence-electron chi connectivity index (χ0n) is 16.8. The Morgan fingerprint density at radius 2 is 1.90 bits per heavy atom. The van der Waals surface area contributed by atoms with Crippen LogP contribution in [0.2, 0.25) is 0 Å². The largest absolute Gasteiger partial charge is 0.456 e. The van der Waals surface area contributed by atoms with Gasteiger partial charge >= 0.3 is 12.0 Å². The molecule has 0 radical (unpaired) electrons. The van der Waals surface area contributed by atoms with E-state index in [1.54, 1.807) is 6.07 Å². The fraction of sp³-hybridized carbons (Fsp3) is 0.524. The summed E-state index contributed by atoms with van der Waals surface area (Å²) >= 11 is 0. The first-order valence-corrected chi connectivity index (χ1v) is 10.0. The summed E-state index contributed by atoms with van der Waals surface area (Å²) in [6.07, 6.45) is 2.92. The van der Waals surface area contributed by atoms with Crippen LogP contribution in [-0.4, -0.2) is 47.4 Å². The Hall–Kier alpha value is -2.90. The van der Waals surface area contributed by atoms with Gasteiger partial charge in [-0.15, -0.1) is 0 Å². The minimum atomic E-state index is -0.787. The summed E-state index contributed by atoms with van der Waals surface area (Å²) in [7, 11) is 0. The minimum Gasteiger partial charge on any atom is -0.456 e. The Bertz CT molecular complexity index is 814. The van der Waals surface area contributed by atoms with Gasteiger partial charge in [0, 0.05) is 12.2 Å². The van der Waals surface area contributed by atoms with E-state index in [9.17, 15) is 19.2 Å². The lowest BCUT2D eigenvalue weighted by Crippen LogP contribution is -2.44. The van der Waals surface area contributed by atoms with E-state index in [4.69, 9.17) is 4.74 Å². The van der Waals surface area contributed by atoms with Crippen LogP contribution in [0.25, 0.3) is 0 Å². The van der Waals surface area contributed by atoms with Crippen LogP contribution in [-0.2, 0) is 19.1 Å². The van der Waals surface area contributed by atoms with Gasteiger partial charge in [-0.1, -0.05) is 44.9 Å². The van der Waals surface area contributed by atoms with Gasteiger partial charge < -0.3 is 15.4 Å². The van der Waals surface area contributed by atoms with Gasteiger partial charge in [-0.3, -0.25) is 19.3 Å². The summed E-state index contributed by atoms with van der Waals surface area (Å²) in [5, 5.41) is 5.51. The molecule has 1 aromatic rings. The van der Waals surface area contributed by atoms with Crippen molar-refractivity contribution < 1.29 is 23.9 Å². The van der Waals surface area contributed by atoms with Crippen LogP contribution in [0.15, 0.2) is 24.3 Å². The molecule has 156 valence electrons. The molecule has 2 aliphatic rings. The second-order valence-electron chi connectivity index (χ2n) is 7.88. The first kappa shape index (κ1) is 20.8. The van der Waals surface area contributed by atoms with Gasteiger partial charge in [0.2, 0.25) is 0 Å².